The number of benzene rings is 2. The summed E-state index contributed by atoms with van der Waals surface area (Å²) in [4.78, 5) is 30.4. The van der Waals surface area contributed by atoms with Crippen molar-refractivity contribution in [1.82, 2.24) is 9.80 Å². The van der Waals surface area contributed by atoms with E-state index in [1.54, 1.807) is 18.2 Å². The van der Waals surface area contributed by atoms with Crippen molar-refractivity contribution in [2.75, 3.05) is 43.4 Å². The molecular weight excluding hydrogens is 401 g/mol. The van der Waals surface area contributed by atoms with Gasteiger partial charge < -0.3 is 9.80 Å². The highest BCUT2D eigenvalue weighted by atomic mass is 32.2. The fourth-order valence-corrected chi connectivity index (χ4v) is 5.43. The minimum Gasteiger partial charge on any atom is -0.340 e. The van der Waals surface area contributed by atoms with Crippen LogP contribution in [0.2, 0.25) is 0 Å². The lowest BCUT2D eigenvalue weighted by Crippen LogP contribution is -2.43. The maximum absolute atomic E-state index is 14.1. The molecule has 2 aliphatic heterocycles. The average Bonchev–Trinajstić information content (AvgIpc) is 2.94. The van der Waals surface area contributed by atoms with Crippen LogP contribution in [-0.4, -0.2) is 60.2 Å². The summed E-state index contributed by atoms with van der Waals surface area (Å²) in [5.74, 6) is 0.413. The molecule has 158 valence electrons. The van der Waals surface area contributed by atoms with Crippen molar-refractivity contribution >= 4 is 29.4 Å². The Balaban J connectivity index is 1.36. The number of aryl methyl sites for hydroxylation is 1. The number of para-hydroxylation sites is 1. The minimum atomic E-state index is -0.425. The third-order valence-corrected chi connectivity index (χ3v) is 7.10. The van der Waals surface area contributed by atoms with Crippen molar-refractivity contribution < 1.29 is 14.0 Å². The largest absolute Gasteiger partial charge is 0.340 e. The van der Waals surface area contributed by atoms with Gasteiger partial charge in [0, 0.05) is 37.2 Å². The molecule has 30 heavy (non-hydrogen) atoms. The molecule has 2 fully saturated rings. The molecule has 0 bridgehead atoms. The van der Waals surface area contributed by atoms with Gasteiger partial charge in [-0.3, -0.25) is 9.69 Å². The van der Waals surface area contributed by atoms with Crippen LogP contribution < -0.4 is 4.90 Å². The van der Waals surface area contributed by atoms with Gasteiger partial charge in [-0.05, 0) is 36.6 Å². The van der Waals surface area contributed by atoms with Gasteiger partial charge in [-0.15, -0.1) is 0 Å². The molecule has 0 spiro atoms. The van der Waals surface area contributed by atoms with Gasteiger partial charge in [-0.2, -0.15) is 11.8 Å². The maximum atomic E-state index is 14.1. The lowest BCUT2D eigenvalue weighted by Gasteiger charge is -2.24. The first kappa shape index (κ1) is 20.7. The van der Waals surface area contributed by atoms with Crippen molar-refractivity contribution in [1.29, 1.82) is 0 Å². The van der Waals surface area contributed by atoms with Crippen LogP contribution in [0.15, 0.2) is 48.5 Å². The van der Waals surface area contributed by atoms with Gasteiger partial charge in [0.1, 0.15) is 12.4 Å². The van der Waals surface area contributed by atoms with E-state index in [-0.39, 0.29) is 24.2 Å². The molecule has 0 aromatic heterocycles. The van der Waals surface area contributed by atoms with Gasteiger partial charge in [-0.1, -0.05) is 36.4 Å². The summed E-state index contributed by atoms with van der Waals surface area (Å²) in [5, 5.41) is 0.383. The Morgan fingerprint density at radius 1 is 1.07 bits per heavy atom. The topological polar surface area (TPSA) is 43.9 Å². The van der Waals surface area contributed by atoms with Gasteiger partial charge in [0.15, 0.2) is 0 Å². The van der Waals surface area contributed by atoms with Crippen LogP contribution in [0.1, 0.15) is 22.8 Å². The number of carbonyl (C=O) groups excluding carboxylic acids is 2. The van der Waals surface area contributed by atoms with Crippen molar-refractivity contribution in [3.8, 4) is 0 Å². The Kier molecular flexibility index (Phi) is 6.27. The van der Waals surface area contributed by atoms with E-state index in [2.05, 4.69) is 25.1 Å². The van der Waals surface area contributed by atoms with Gasteiger partial charge in [0.25, 0.3) is 0 Å². The van der Waals surface area contributed by atoms with Crippen molar-refractivity contribution in [2.45, 2.75) is 18.6 Å². The van der Waals surface area contributed by atoms with Crippen LogP contribution >= 0.6 is 11.8 Å². The molecule has 0 N–H and O–H groups in total. The first-order valence-corrected chi connectivity index (χ1v) is 11.4. The highest BCUT2D eigenvalue weighted by Crippen LogP contribution is 2.36. The van der Waals surface area contributed by atoms with Crippen molar-refractivity contribution in [3.05, 3.63) is 65.5 Å². The number of rotatable bonds is 4. The number of hydrogen-bond donors (Lipinski definition) is 0. The van der Waals surface area contributed by atoms with Crippen LogP contribution in [-0.2, 0) is 4.79 Å². The molecule has 2 aromatic carbocycles. The summed E-state index contributed by atoms with van der Waals surface area (Å²) in [6, 6.07) is 14.4. The Hall–Kier alpha value is -2.54. The normalized spacial score (nSPS) is 19.9. The van der Waals surface area contributed by atoms with E-state index < -0.39 is 5.82 Å². The van der Waals surface area contributed by atoms with Gasteiger partial charge in [-0.25, -0.2) is 9.18 Å². The molecule has 2 aromatic rings. The molecule has 1 unspecified atom stereocenters. The molecule has 5 nitrogen and oxygen atoms in total. The molecule has 0 radical (unpaired) electrons. The fraction of sp³-hybridized carbons (Fsp3) is 0.391. The van der Waals surface area contributed by atoms with Crippen molar-refractivity contribution in [3.63, 3.8) is 0 Å². The molecule has 0 aliphatic carbocycles. The van der Waals surface area contributed by atoms with E-state index >= 15 is 0 Å². The zero-order valence-electron chi connectivity index (χ0n) is 17.1. The van der Waals surface area contributed by atoms with Crippen LogP contribution in [0.5, 0.6) is 0 Å². The molecule has 2 heterocycles. The molecule has 2 saturated heterocycles. The van der Waals surface area contributed by atoms with Crippen LogP contribution in [0, 0.1) is 12.7 Å². The SMILES string of the molecule is Cc1ccccc1C1CCN(C(=O)CN2CCN(c3ccccc3F)C2=O)CCS1. The maximum Gasteiger partial charge on any atom is 0.325 e. The first-order chi connectivity index (χ1) is 14.5. The quantitative estimate of drug-likeness (QED) is 0.739. The van der Waals surface area contributed by atoms with Gasteiger partial charge >= 0.3 is 6.03 Å². The van der Waals surface area contributed by atoms with Crippen LogP contribution in [0.3, 0.4) is 0 Å². The van der Waals surface area contributed by atoms with E-state index in [1.165, 1.54) is 27.0 Å². The van der Waals surface area contributed by atoms with Crippen LogP contribution in [0.25, 0.3) is 0 Å². The molecular formula is C23H26FN3O2S. The molecule has 4 rings (SSSR count). The van der Waals surface area contributed by atoms with Crippen molar-refractivity contribution in [2.24, 2.45) is 0 Å². The van der Waals surface area contributed by atoms with E-state index in [0.717, 1.165) is 12.2 Å². The van der Waals surface area contributed by atoms with Gasteiger partial charge in [0.2, 0.25) is 5.91 Å². The lowest BCUT2D eigenvalue weighted by molar-refractivity contribution is -0.131. The van der Waals surface area contributed by atoms with E-state index in [0.29, 0.717) is 31.4 Å². The second-order valence-corrected chi connectivity index (χ2v) is 9.00. The second kappa shape index (κ2) is 9.08. The fourth-order valence-electron chi connectivity index (χ4n) is 4.10. The Morgan fingerprint density at radius 2 is 1.83 bits per heavy atom. The zero-order valence-corrected chi connectivity index (χ0v) is 17.9. The second-order valence-electron chi connectivity index (χ2n) is 7.69. The Morgan fingerprint density at radius 3 is 2.63 bits per heavy atom. The average molecular weight is 428 g/mol. The first-order valence-electron chi connectivity index (χ1n) is 10.3. The molecule has 3 amide bonds. The molecule has 7 heteroatoms. The number of carbonyl (C=O) groups is 2. The summed E-state index contributed by atoms with van der Waals surface area (Å²) in [6.45, 7) is 4.36. The summed E-state index contributed by atoms with van der Waals surface area (Å²) in [7, 11) is 0. The number of halogens is 1. The summed E-state index contributed by atoms with van der Waals surface area (Å²) in [6.07, 6.45) is 0.899. The Labute approximate surface area is 180 Å². The summed E-state index contributed by atoms with van der Waals surface area (Å²) < 4.78 is 14.1. The number of thioether (sulfide) groups is 1. The smallest absolute Gasteiger partial charge is 0.325 e. The predicted molar refractivity (Wildman–Crippen MR) is 118 cm³/mol. The predicted octanol–water partition coefficient (Wildman–Crippen LogP) is 4.08. The molecule has 0 saturated carbocycles. The monoisotopic (exact) mass is 427 g/mol. The minimum absolute atomic E-state index is 0.0373. The van der Waals surface area contributed by atoms with E-state index in [4.69, 9.17) is 0 Å². The standard InChI is InChI=1S/C23H26FN3O2S/c1-17-6-2-3-7-18(17)21-10-11-25(14-15-30-21)22(28)16-26-12-13-27(23(26)29)20-9-5-4-8-19(20)24/h2-9,21H,10-16H2,1H3. The molecule has 1 atom stereocenters. The number of nitrogens with zero attached hydrogens (tertiary/aromatic N) is 3. The third-order valence-electron chi connectivity index (χ3n) is 5.79. The highest BCUT2D eigenvalue weighted by Gasteiger charge is 2.33. The molecule has 2 aliphatic rings. The summed E-state index contributed by atoms with van der Waals surface area (Å²) in [5.41, 5.74) is 2.89. The van der Waals surface area contributed by atoms with Crippen LogP contribution in [0.4, 0.5) is 14.9 Å². The number of hydrogen-bond acceptors (Lipinski definition) is 3. The zero-order chi connectivity index (χ0) is 21.1. The Bertz CT molecular complexity index is 938. The summed E-state index contributed by atoms with van der Waals surface area (Å²) >= 11 is 1.89. The van der Waals surface area contributed by atoms with E-state index in [9.17, 15) is 14.0 Å². The number of amides is 3. The lowest BCUT2D eigenvalue weighted by atomic mass is 10.0. The highest BCUT2D eigenvalue weighted by molar-refractivity contribution is 7.99. The van der Waals surface area contributed by atoms with E-state index in [1.807, 2.05) is 22.7 Å². The number of anilines is 1. The number of urea groups is 1. The third kappa shape index (κ3) is 4.31. The van der Waals surface area contributed by atoms with Gasteiger partial charge in [0.05, 0.1) is 5.69 Å².